The van der Waals surface area contributed by atoms with Gasteiger partial charge in [-0.15, -0.1) is 0 Å². The van der Waals surface area contributed by atoms with Crippen molar-refractivity contribution in [3.63, 3.8) is 0 Å². The lowest BCUT2D eigenvalue weighted by atomic mass is 9.85. The first kappa shape index (κ1) is 21.4. The summed E-state index contributed by atoms with van der Waals surface area (Å²) in [6, 6.07) is 12.0. The normalized spacial score (nSPS) is 26.5. The van der Waals surface area contributed by atoms with E-state index >= 15 is 0 Å². The second-order valence-electron chi connectivity index (χ2n) is 8.82. The molecule has 1 N–H and O–H groups in total. The van der Waals surface area contributed by atoms with Crippen molar-refractivity contribution in [2.24, 2.45) is 23.7 Å². The number of carbonyl (C=O) groups excluding carboxylic acids is 3. The molecule has 3 aliphatic rings. The van der Waals surface area contributed by atoms with Gasteiger partial charge in [0.1, 0.15) is 6.04 Å². The highest BCUT2D eigenvalue weighted by molar-refractivity contribution is 9.10. The van der Waals surface area contributed by atoms with Crippen molar-refractivity contribution in [1.82, 2.24) is 4.90 Å². The number of fused-ring (bicyclic) bond motifs is 5. The second-order valence-corrected chi connectivity index (χ2v) is 10.1. The summed E-state index contributed by atoms with van der Waals surface area (Å²) in [6.45, 7) is 1.86. The highest BCUT2D eigenvalue weighted by Gasteiger charge is 2.61. The molecule has 1 aliphatic heterocycles. The van der Waals surface area contributed by atoms with E-state index in [0.717, 1.165) is 22.0 Å². The van der Waals surface area contributed by atoms with Crippen LogP contribution in [0.3, 0.4) is 0 Å². The number of imide groups is 1. The maximum atomic E-state index is 13.5. The van der Waals surface area contributed by atoms with Crippen molar-refractivity contribution in [2.45, 2.75) is 25.8 Å². The summed E-state index contributed by atoms with van der Waals surface area (Å²) in [7, 11) is 0. The number of aryl methyl sites for hydroxylation is 1. The monoisotopic (exact) mass is 512 g/mol. The molecule has 7 heteroatoms. The van der Waals surface area contributed by atoms with E-state index in [2.05, 4.69) is 33.4 Å². The minimum Gasteiger partial charge on any atom is -0.324 e. The van der Waals surface area contributed by atoms with Gasteiger partial charge in [0.2, 0.25) is 17.7 Å². The van der Waals surface area contributed by atoms with Crippen LogP contribution in [0.15, 0.2) is 59.1 Å². The van der Waals surface area contributed by atoms with E-state index in [1.165, 1.54) is 4.90 Å². The van der Waals surface area contributed by atoms with Gasteiger partial charge in [0.05, 0.1) is 16.9 Å². The van der Waals surface area contributed by atoms with Crippen molar-refractivity contribution < 1.29 is 14.4 Å². The minimum absolute atomic E-state index is 0.0967. The third-order valence-electron chi connectivity index (χ3n) is 6.92. The van der Waals surface area contributed by atoms with Crippen molar-refractivity contribution >= 4 is 50.9 Å². The van der Waals surface area contributed by atoms with Crippen LogP contribution in [0.1, 0.15) is 17.5 Å². The molecular formula is C25H22BrClN2O3. The second kappa shape index (κ2) is 8.16. The van der Waals surface area contributed by atoms with Crippen LogP contribution in [0, 0.1) is 30.6 Å². The Kier molecular flexibility index (Phi) is 5.46. The Morgan fingerprint density at radius 3 is 2.38 bits per heavy atom. The SMILES string of the molecule is Cc1cc(Br)c(Cl)cc1NC(=O)[C@@H](Cc1ccccc1)N1C(=O)[C@@H]2[C@H](C1=O)[C@H]1C=C[C@H]2C1. The lowest BCUT2D eigenvalue weighted by Gasteiger charge is -2.27. The smallest absolute Gasteiger partial charge is 0.248 e. The van der Waals surface area contributed by atoms with Gasteiger partial charge in [-0.25, -0.2) is 0 Å². The molecule has 2 bridgehead atoms. The van der Waals surface area contributed by atoms with Gasteiger partial charge in [-0.1, -0.05) is 54.1 Å². The zero-order valence-electron chi connectivity index (χ0n) is 17.4. The Balaban J connectivity index is 1.47. The summed E-state index contributed by atoms with van der Waals surface area (Å²) >= 11 is 9.62. The Bertz CT molecular complexity index is 1120. The van der Waals surface area contributed by atoms with E-state index in [0.29, 0.717) is 10.7 Å². The highest BCUT2D eigenvalue weighted by Crippen LogP contribution is 2.53. The first-order chi connectivity index (χ1) is 15.3. The molecule has 2 aromatic rings. The summed E-state index contributed by atoms with van der Waals surface area (Å²) in [5.41, 5.74) is 2.27. The summed E-state index contributed by atoms with van der Waals surface area (Å²) in [4.78, 5) is 41.6. The van der Waals surface area contributed by atoms with Crippen LogP contribution in [0.25, 0.3) is 0 Å². The number of likely N-dealkylation sites (tertiary alicyclic amines) is 1. The van der Waals surface area contributed by atoms with Crippen molar-refractivity contribution in [3.8, 4) is 0 Å². The summed E-state index contributed by atoms with van der Waals surface area (Å²) < 4.78 is 0.733. The fourth-order valence-corrected chi connectivity index (χ4v) is 5.99. The number of anilines is 1. The van der Waals surface area contributed by atoms with E-state index < -0.39 is 11.9 Å². The third kappa shape index (κ3) is 3.50. The van der Waals surface area contributed by atoms with Crippen LogP contribution in [0.2, 0.25) is 5.02 Å². The number of carbonyl (C=O) groups is 3. The predicted molar refractivity (Wildman–Crippen MR) is 126 cm³/mol. The van der Waals surface area contributed by atoms with Crippen molar-refractivity contribution in [2.75, 3.05) is 5.32 Å². The Morgan fingerprint density at radius 2 is 1.75 bits per heavy atom. The molecule has 32 heavy (non-hydrogen) atoms. The van der Waals surface area contributed by atoms with E-state index in [4.69, 9.17) is 11.6 Å². The quantitative estimate of drug-likeness (QED) is 0.463. The van der Waals surface area contributed by atoms with Gasteiger partial charge in [-0.2, -0.15) is 0 Å². The molecule has 1 heterocycles. The number of nitrogens with one attached hydrogen (secondary N) is 1. The lowest BCUT2D eigenvalue weighted by molar-refractivity contribution is -0.147. The maximum Gasteiger partial charge on any atom is 0.248 e. The molecule has 2 aromatic carbocycles. The molecule has 0 aromatic heterocycles. The molecule has 1 saturated heterocycles. The molecule has 5 nitrogen and oxygen atoms in total. The van der Waals surface area contributed by atoms with Crippen LogP contribution in [0.5, 0.6) is 0 Å². The van der Waals surface area contributed by atoms with Crippen LogP contribution in [-0.2, 0) is 20.8 Å². The van der Waals surface area contributed by atoms with Gasteiger partial charge in [0.15, 0.2) is 0 Å². The molecule has 2 aliphatic carbocycles. The fraction of sp³-hybridized carbons (Fsp3) is 0.320. The molecule has 0 spiro atoms. The van der Waals surface area contributed by atoms with E-state index in [-0.39, 0.29) is 41.9 Å². The number of halogens is 2. The number of rotatable bonds is 5. The largest absolute Gasteiger partial charge is 0.324 e. The van der Waals surface area contributed by atoms with Gasteiger partial charge >= 0.3 is 0 Å². The van der Waals surface area contributed by atoms with Crippen LogP contribution in [0.4, 0.5) is 5.69 Å². The van der Waals surface area contributed by atoms with Crippen molar-refractivity contribution in [1.29, 1.82) is 0 Å². The summed E-state index contributed by atoms with van der Waals surface area (Å²) in [5, 5.41) is 3.38. The Labute approximate surface area is 199 Å². The molecule has 0 radical (unpaired) electrons. The minimum atomic E-state index is -0.927. The molecular weight excluding hydrogens is 492 g/mol. The number of nitrogens with zero attached hydrogens (tertiary/aromatic N) is 1. The maximum absolute atomic E-state index is 13.5. The van der Waals surface area contributed by atoms with Gasteiger partial charge in [0.25, 0.3) is 0 Å². The van der Waals surface area contributed by atoms with Gasteiger partial charge in [0, 0.05) is 16.6 Å². The zero-order valence-corrected chi connectivity index (χ0v) is 19.8. The molecule has 5 atom stereocenters. The lowest BCUT2D eigenvalue weighted by Crippen LogP contribution is -2.49. The summed E-state index contributed by atoms with van der Waals surface area (Å²) in [5.74, 6) is -1.33. The fourth-order valence-electron chi connectivity index (χ4n) is 5.37. The average Bonchev–Trinajstić information content (AvgIpc) is 3.45. The Morgan fingerprint density at radius 1 is 1.12 bits per heavy atom. The molecule has 164 valence electrons. The molecule has 0 unspecified atom stereocenters. The van der Waals surface area contributed by atoms with Crippen LogP contribution in [-0.4, -0.2) is 28.7 Å². The summed E-state index contributed by atoms with van der Waals surface area (Å²) in [6.07, 6.45) is 5.22. The standard InChI is InChI=1S/C25H22BrClN2O3/c1-13-9-17(26)18(27)12-19(13)28-23(30)20(10-14-5-3-2-4-6-14)29-24(31)21-15-7-8-16(11-15)22(21)25(29)32/h2-9,12,15-16,20-22H,10-11H2,1H3,(H,28,30)/t15-,16-,20+,21-,22+/m0/s1. The predicted octanol–water partition coefficient (Wildman–Crippen LogP) is 4.77. The molecule has 2 fully saturated rings. The average molecular weight is 514 g/mol. The third-order valence-corrected chi connectivity index (χ3v) is 8.11. The number of benzene rings is 2. The van der Waals surface area contributed by atoms with Crippen LogP contribution < -0.4 is 5.32 Å². The first-order valence-electron chi connectivity index (χ1n) is 10.7. The Hall–Kier alpha value is -2.44. The number of allylic oxidation sites excluding steroid dienone is 2. The van der Waals surface area contributed by atoms with Gasteiger partial charge in [-0.05, 0) is 64.4 Å². The van der Waals surface area contributed by atoms with Crippen molar-refractivity contribution in [3.05, 3.63) is 75.2 Å². The molecule has 5 rings (SSSR count). The van der Waals surface area contributed by atoms with E-state index in [9.17, 15) is 14.4 Å². The highest BCUT2D eigenvalue weighted by atomic mass is 79.9. The zero-order chi connectivity index (χ0) is 22.6. The van der Waals surface area contributed by atoms with Crippen LogP contribution >= 0.6 is 27.5 Å². The topological polar surface area (TPSA) is 66.5 Å². The number of amides is 3. The number of hydrogen-bond acceptors (Lipinski definition) is 3. The van der Waals surface area contributed by atoms with Gasteiger partial charge in [-0.3, -0.25) is 19.3 Å². The first-order valence-corrected chi connectivity index (χ1v) is 11.9. The van der Waals surface area contributed by atoms with Gasteiger partial charge < -0.3 is 5.32 Å². The molecule has 1 saturated carbocycles. The van der Waals surface area contributed by atoms with E-state index in [1.807, 2.05) is 43.3 Å². The number of hydrogen-bond donors (Lipinski definition) is 1. The van der Waals surface area contributed by atoms with E-state index in [1.54, 1.807) is 6.07 Å². The molecule has 3 amide bonds.